The second-order valence-electron chi connectivity index (χ2n) is 4.48. The van der Waals surface area contributed by atoms with Gasteiger partial charge in [0.05, 0.1) is 19.0 Å². The van der Waals surface area contributed by atoms with Gasteiger partial charge in [0, 0.05) is 19.1 Å². The van der Waals surface area contributed by atoms with Crippen LogP contribution in [0.4, 0.5) is 5.82 Å². The van der Waals surface area contributed by atoms with Gasteiger partial charge in [-0.3, -0.25) is 0 Å². The molecule has 100 valence electrons. The van der Waals surface area contributed by atoms with E-state index in [1.54, 1.807) is 17.8 Å². The first kappa shape index (κ1) is 12.9. The van der Waals surface area contributed by atoms with E-state index in [1.807, 2.05) is 0 Å². The molecule has 0 aliphatic carbocycles. The van der Waals surface area contributed by atoms with Gasteiger partial charge in [0.2, 0.25) is 0 Å². The minimum Gasteiger partial charge on any atom is -0.461 e. The zero-order valence-electron chi connectivity index (χ0n) is 10.8. The second-order valence-corrected chi connectivity index (χ2v) is 4.48. The van der Waals surface area contributed by atoms with E-state index < -0.39 is 5.97 Å². The number of esters is 1. The Morgan fingerprint density at radius 1 is 1.72 bits per heavy atom. The quantitative estimate of drug-likeness (QED) is 0.812. The monoisotopic (exact) mass is 253 g/mol. The van der Waals surface area contributed by atoms with Crippen LogP contribution < -0.4 is 5.73 Å². The number of ether oxygens (including phenoxy) is 2. The first-order valence-electron chi connectivity index (χ1n) is 6.22. The van der Waals surface area contributed by atoms with E-state index in [0.717, 1.165) is 19.6 Å². The summed E-state index contributed by atoms with van der Waals surface area (Å²) >= 11 is 0. The number of imidazole rings is 1. The number of aromatic nitrogens is 2. The van der Waals surface area contributed by atoms with Crippen LogP contribution in [-0.4, -0.2) is 34.8 Å². The largest absolute Gasteiger partial charge is 0.461 e. The lowest BCUT2D eigenvalue weighted by Gasteiger charge is -2.15. The number of rotatable bonds is 4. The highest BCUT2D eigenvalue weighted by molar-refractivity contribution is 5.92. The van der Waals surface area contributed by atoms with Crippen LogP contribution in [0.3, 0.4) is 0 Å². The minimum absolute atomic E-state index is 0.198. The highest BCUT2D eigenvalue weighted by Gasteiger charge is 2.26. The molecule has 0 bridgehead atoms. The summed E-state index contributed by atoms with van der Waals surface area (Å²) in [4.78, 5) is 15.6. The molecule has 1 aliphatic heterocycles. The Balaban J connectivity index is 2.08. The molecule has 0 saturated carbocycles. The molecule has 6 heteroatoms. The molecule has 2 heterocycles. The Morgan fingerprint density at radius 2 is 2.50 bits per heavy atom. The lowest BCUT2D eigenvalue weighted by Crippen LogP contribution is -2.19. The highest BCUT2D eigenvalue weighted by Crippen LogP contribution is 2.24. The third kappa shape index (κ3) is 2.48. The Kier molecular flexibility index (Phi) is 3.86. The summed E-state index contributed by atoms with van der Waals surface area (Å²) in [6, 6.07) is 0. The fourth-order valence-electron chi connectivity index (χ4n) is 2.16. The van der Waals surface area contributed by atoms with Crippen molar-refractivity contribution in [1.82, 2.24) is 9.55 Å². The van der Waals surface area contributed by atoms with E-state index in [-0.39, 0.29) is 11.8 Å². The number of carbonyl (C=O) groups is 1. The van der Waals surface area contributed by atoms with Crippen molar-refractivity contribution in [1.29, 1.82) is 0 Å². The third-order valence-electron chi connectivity index (χ3n) is 3.31. The number of nitrogens with two attached hydrogens (primary N) is 1. The molecule has 1 aromatic rings. The zero-order valence-corrected chi connectivity index (χ0v) is 10.8. The zero-order chi connectivity index (χ0) is 13.1. The summed E-state index contributed by atoms with van der Waals surface area (Å²) in [6.45, 7) is 5.63. The van der Waals surface area contributed by atoms with E-state index in [1.165, 1.54) is 0 Å². The maximum Gasteiger partial charge on any atom is 0.360 e. The predicted molar refractivity (Wildman–Crippen MR) is 66.1 cm³/mol. The molecular weight excluding hydrogens is 234 g/mol. The van der Waals surface area contributed by atoms with Gasteiger partial charge in [-0.15, -0.1) is 0 Å². The van der Waals surface area contributed by atoms with Gasteiger partial charge in [0.15, 0.2) is 5.69 Å². The van der Waals surface area contributed by atoms with E-state index in [2.05, 4.69) is 11.9 Å². The predicted octanol–water partition coefficient (Wildman–Crippen LogP) is 1.07. The van der Waals surface area contributed by atoms with Crippen molar-refractivity contribution in [2.45, 2.75) is 32.9 Å². The first-order valence-corrected chi connectivity index (χ1v) is 6.22. The van der Waals surface area contributed by atoms with Crippen molar-refractivity contribution < 1.29 is 14.3 Å². The number of anilines is 1. The molecule has 2 rings (SSSR count). The normalized spacial score (nSPS) is 23.2. The van der Waals surface area contributed by atoms with Crippen molar-refractivity contribution in [2.75, 3.05) is 18.9 Å². The lowest BCUT2D eigenvalue weighted by molar-refractivity contribution is 0.0521. The maximum atomic E-state index is 11.6. The lowest BCUT2D eigenvalue weighted by atomic mass is 10.0. The summed E-state index contributed by atoms with van der Waals surface area (Å²) in [6.07, 6.45) is 2.82. The maximum absolute atomic E-state index is 11.6. The standard InChI is InChI=1S/C12H19N3O3/c1-3-17-12(16)10-11(13)15(7-14-10)6-9-4-5-18-8(9)2/h7-9H,3-6,13H2,1-2H3. The van der Waals surface area contributed by atoms with Gasteiger partial charge < -0.3 is 19.8 Å². The van der Waals surface area contributed by atoms with E-state index in [4.69, 9.17) is 15.2 Å². The Hall–Kier alpha value is -1.56. The minimum atomic E-state index is -0.468. The fraction of sp³-hybridized carbons (Fsp3) is 0.667. The van der Waals surface area contributed by atoms with Gasteiger partial charge in [0.25, 0.3) is 0 Å². The number of nitrogen functional groups attached to an aromatic ring is 1. The average Bonchev–Trinajstić information content (AvgIpc) is 2.89. The van der Waals surface area contributed by atoms with Crippen LogP contribution >= 0.6 is 0 Å². The van der Waals surface area contributed by atoms with Crippen molar-refractivity contribution in [3.8, 4) is 0 Å². The van der Waals surface area contributed by atoms with Crippen molar-refractivity contribution in [3.05, 3.63) is 12.0 Å². The van der Waals surface area contributed by atoms with Gasteiger partial charge in [0.1, 0.15) is 5.82 Å². The number of nitrogens with zero attached hydrogens (tertiary/aromatic N) is 2. The van der Waals surface area contributed by atoms with Gasteiger partial charge in [-0.1, -0.05) is 0 Å². The van der Waals surface area contributed by atoms with Crippen LogP contribution in [0.2, 0.25) is 0 Å². The molecule has 18 heavy (non-hydrogen) atoms. The summed E-state index contributed by atoms with van der Waals surface area (Å²) in [5.74, 6) is 0.313. The van der Waals surface area contributed by atoms with E-state index >= 15 is 0 Å². The molecule has 0 spiro atoms. The third-order valence-corrected chi connectivity index (χ3v) is 3.31. The van der Waals surface area contributed by atoms with Crippen LogP contribution in [0.25, 0.3) is 0 Å². The van der Waals surface area contributed by atoms with Gasteiger partial charge in [-0.05, 0) is 20.3 Å². The van der Waals surface area contributed by atoms with Gasteiger partial charge in [-0.25, -0.2) is 9.78 Å². The van der Waals surface area contributed by atoms with E-state index in [9.17, 15) is 4.79 Å². The molecule has 0 amide bonds. The van der Waals surface area contributed by atoms with Crippen molar-refractivity contribution >= 4 is 11.8 Å². The Bertz CT molecular complexity index is 430. The molecule has 6 nitrogen and oxygen atoms in total. The SMILES string of the molecule is CCOC(=O)c1ncn(CC2CCOC2C)c1N. The second kappa shape index (κ2) is 5.39. The Labute approximate surface area is 106 Å². The van der Waals surface area contributed by atoms with Crippen LogP contribution in [-0.2, 0) is 16.0 Å². The Morgan fingerprint density at radius 3 is 3.11 bits per heavy atom. The highest BCUT2D eigenvalue weighted by atomic mass is 16.5. The van der Waals surface area contributed by atoms with Crippen molar-refractivity contribution in [2.24, 2.45) is 5.92 Å². The average molecular weight is 253 g/mol. The molecule has 1 aliphatic rings. The van der Waals surface area contributed by atoms with Crippen LogP contribution in [0.5, 0.6) is 0 Å². The molecule has 0 aromatic carbocycles. The summed E-state index contributed by atoms with van der Waals surface area (Å²) in [7, 11) is 0. The number of carbonyl (C=O) groups excluding carboxylic acids is 1. The summed E-state index contributed by atoms with van der Waals surface area (Å²) in [5, 5.41) is 0. The first-order chi connectivity index (χ1) is 8.63. The van der Waals surface area contributed by atoms with Gasteiger partial charge >= 0.3 is 5.97 Å². The number of hydrogen-bond donors (Lipinski definition) is 1. The summed E-state index contributed by atoms with van der Waals surface area (Å²) in [5.41, 5.74) is 6.11. The van der Waals surface area contributed by atoms with Crippen LogP contribution in [0, 0.1) is 5.92 Å². The fourth-order valence-corrected chi connectivity index (χ4v) is 2.16. The topological polar surface area (TPSA) is 79.4 Å². The van der Waals surface area contributed by atoms with Crippen molar-refractivity contribution in [3.63, 3.8) is 0 Å². The molecule has 0 radical (unpaired) electrons. The smallest absolute Gasteiger partial charge is 0.360 e. The van der Waals surface area contributed by atoms with Crippen LogP contribution in [0.1, 0.15) is 30.8 Å². The molecular formula is C12H19N3O3. The molecule has 1 saturated heterocycles. The molecule has 1 aromatic heterocycles. The van der Waals surface area contributed by atoms with Crippen LogP contribution in [0.15, 0.2) is 6.33 Å². The molecule has 2 N–H and O–H groups in total. The van der Waals surface area contributed by atoms with Gasteiger partial charge in [-0.2, -0.15) is 0 Å². The van der Waals surface area contributed by atoms with E-state index in [0.29, 0.717) is 18.3 Å². The molecule has 1 fully saturated rings. The molecule has 2 atom stereocenters. The number of hydrogen-bond acceptors (Lipinski definition) is 5. The molecule has 2 unspecified atom stereocenters. The summed E-state index contributed by atoms with van der Waals surface area (Å²) < 4.78 is 12.2.